The molecule has 4 unspecified atom stereocenters. The molecule has 3 amide bonds. The molecule has 4 atom stereocenters. The second-order valence-corrected chi connectivity index (χ2v) is 10.4. The first kappa shape index (κ1) is 20.4. The monoisotopic (exact) mass is 415 g/mol. The molecule has 2 fully saturated rings. The van der Waals surface area contributed by atoms with Gasteiger partial charge in [-0.05, 0) is 64.2 Å². The Bertz CT molecular complexity index is 923. The van der Waals surface area contributed by atoms with Gasteiger partial charge in [0.05, 0.1) is 11.8 Å². The molecule has 3 heterocycles. The fourth-order valence-electron chi connectivity index (χ4n) is 5.27. The molecule has 3 aliphatic rings. The van der Waals surface area contributed by atoms with Crippen molar-refractivity contribution in [2.24, 2.45) is 11.8 Å². The number of carbonyl (C=O) groups excluding carboxylic acids is 3. The molecule has 3 aliphatic heterocycles. The summed E-state index contributed by atoms with van der Waals surface area (Å²) in [6.07, 6.45) is 2.75. The van der Waals surface area contributed by atoms with Crippen LogP contribution < -0.4 is 10.6 Å². The number of carbonyl (C=O) groups is 3. The van der Waals surface area contributed by atoms with E-state index in [2.05, 4.69) is 10.6 Å². The van der Waals surface area contributed by atoms with Crippen molar-refractivity contribution in [3.8, 4) is 0 Å². The molecule has 2 saturated heterocycles. The summed E-state index contributed by atoms with van der Waals surface area (Å²) >= 11 is 1.70. The van der Waals surface area contributed by atoms with E-state index in [1.165, 1.54) is 4.90 Å². The molecule has 2 N–H and O–H groups in total. The van der Waals surface area contributed by atoms with Gasteiger partial charge >= 0.3 is 0 Å². The number of rotatable bonds is 3. The molecule has 29 heavy (non-hydrogen) atoms. The summed E-state index contributed by atoms with van der Waals surface area (Å²) in [5.41, 5.74) is 1.85. The van der Waals surface area contributed by atoms with Crippen LogP contribution in [-0.2, 0) is 19.9 Å². The average molecular weight is 416 g/mol. The van der Waals surface area contributed by atoms with Crippen molar-refractivity contribution in [2.45, 2.75) is 58.2 Å². The first-order chi connectivity index (χ1) is 13.6. The van der Waals surface area contributed by atoms with E-state index in [0.717, 1.165) is 34.6 Å². The van der Waals surface area contributed by atoms with Gasteiger partial charge in [0, 0.05) is 22.8 Å². The Labute approximate surface area is 176 Å². The van der Waals surface area contributed by atoms with Gasteiger partial charge in [-0.2, -0.15) is 11.8 Å². The number of nitrogens with zero attached hydrogens (tertiary/aromatic N) is 1. The Hall–Kier alpha value is -1.86. The normalized spacial score (nSPS) is 30.9. The fraction of sp³-hybridized carbons (Fsp3) is 0.591. The predicted octanol–water partition coefficient (Wildman–Crippen LogP) is 2.58. The summed E-state index contributed by atoms with van der Waals surface area (Å²) in [5.74, 6) is -1.01. The summed E-state index contributed by atoms with van der Waals surface area (Å²) in [7, 11) is 0. The van der Waals surface area contributed by atoms with Crippen LogP contribution in [0.3, 0.4) is 0 Å². The molecule has 0 aliphatic carbocycles. The van der Waals surface area contributed by atoms with Gasteiger partial charge in [-0.1, -0.05) is 12.1 Å². The van der Waals surface area contributed by atoms with Gasteiger partial charge in [-0.15, -0.1) is 0 Å². The van der Waals surface area contributed by atoms with Crippen LogP contribution in [0.1, 0.15) is 43.9 Å². The van der Waals surface area contributed by atoms with Crippen molar-refractivity contribution in [2.75, 3.05) is 17.3 Å². The molecule has 0 saturated carbocycles. The van der Waals surface area contributed by atoms with E-state index >= 15 is 0 Å². The molecule has 0 radical (unpaired) electrons. The van der Waals surface area contributed by atoms with Crippen molar-refractivity contribution in [1.82, 2.24) is 10.2 Å². The molecule has 1 aromatic carbocycles. The lowest BCUT2D eigenvalue weighted by molar-refractivity contribution is -0.147. The number of imide groups is 1. The molecule has 6 nitrogen and oxygen atoms in total. The van der Waals surface area contributed by atoms with Crippen molar-refractivity contribution in [1.29, 1.82) is 0 Å². The summed E-state index contributed by atoms with van der Waals surface area (Å²) in [4.78, 5) is 41.9. The highest BCUT2D eigenvalue weighted by Crippen LogP contribution is 2.55. The van der Waals surface area contributed by atoms with E-state index < -0.39 is 22.9 Å². The number of thioether (sulfide) groups is 1. The molecule has 0 bridgehead atoms. The van der Waals surface area contributed by atoms with Crippen molar-refractivity contribution < 1.29 is 14.4 Å². The highest BCUT2D eigenvalue weighted by atomic mass is 32.2. The maximum Gasteiger partial charge on any atom is 0.250 e. The number of aryl methyl sites for hydroxylation is 1. The van der Waals surface area contributed by atoms with Crippen molar-refractivity contribution >= 4 is 35.2 Å². The van der Waals surface area contributed by atoms with Gasteiger partial charge < -0.3 is 5.32 Å². The summed E-state index contributed by atoms with van der Waals surface area (Å²) in [6, 6.07) is 3.72. The van der Waals surface area contributed by atoms with Gasteiger partial charge in [0.25, 0.3) is 0 Å². The van der Waals surface area contributed by atoms with Gasteiger partial charge in [-0.25, -0.2) is 0 Å². The Balaban J connectivity index is 1.90. The van der Waals surface area contributed by atoms with Crippen LogP contribution in [0, 0.1) is 25.7 Å². The zero-order valence-corrected chi connectivity index (χ0v) is 18.7. The summed E-state index contributed by atoms with van der Waals surface area (Å²) in [5, 5.41) is 6.52. The fourth-order valence-corrected chi connectivity index (χ4v) is 5.76. The van der Waals surface area contributed by atoms with E-state index in [-0.39, 0.29) is 23.8 Å². The predicted molar refractivity (Wildman–Crippen MR) is 115 cm³/mol. The van der Waals surface area contributed by atoms with Gasteiger partial charge in [0.15, 0.2) is 0 Å². The van der Waals surface area contributed by atoms with E-state index in [1.54, 1.807) is 11.8 Å². The van der Waals surface area contributed by atoms with Crippen LogP contribution in [0.4, 0.5) is 5.69 Å². The molecule has 4 rings (SSSR count). The van der Waals surface area contributed by atoms with Crippen LogP contribution >= 0.6 is 11.8 Å². The maximum absolute atomic E-state index is 13.6. The highest BCUT2D eigenvalue weighted by molar-refractivity contribution is 7.98. The van der Waals surface area contributed by atoms with E-state index in [9.17, 15) is 14.4 Å². The molecule has 7 heteroatoms. The van der Waals surface area contributed by atoms with Crippen LogP contribution in [0.2, 0.25) is 0 Å². The lowest BCUT2D eigenvalue weighted by Crippen LogP contribution is -2.55. The Morgan fingerprint density at radius 1 is 1.14 bits per heavy atom. The number of hydrogen-bond acceptors (Lipinski definition) is 5. The first-order valence-electron chi connectivity index (χ1n) is 10.1. The minimum atomic E-state index is -1.19. The SMILES string of the molecule is CSCCC1NC2(C(=O)Nc3c2ccc(C)c3C)C2C(=O)N(C(C)(C)C)C(=O)C12. The van der Waals surface area contributed by atoms with Gasteiger partial charge in [0.1, 0.15) is 5.54 Å². The van der Waals surface area contributed by atoms with E-state index in [4.69, 9.17) is 0 Å². The number of fused-ring (bicyclic) bond motifs is 4. The molecule has 156 valence electrons. The topological polar surface area (TPSA) is 78.5 Å². The highest BCUT2D eigenvalue weighted by Gasteiger charge is 2.71. The number of amides is 3. The van der Waals surface area contributed by atoms with E-state index in [1.807, 2.05) is 53.0 Å². The third-order valence-electron chi connectivity index (χ3n) is 6.73. The number of benzene rings is 1. The minimum absolute atomic E-state index is 0.159. The second kappa shape index (κ2) is 6.57. The maximum atomic E-state index is 13.6. The Morgan fingerprint density at radius 2 is 1.83 bits per heavy atom. The lowest BCUT2D eigenvalue weighted by Gasteiger charge is -2.34. The number of anilines is 1. The molecule has 1 aromatic rings. The third-order valence-corrected chi connectivity index (χ3v) is 7.37. The lowest BCUT2D eigenvalue weighted by atomic mass is 9.76. The van der Waals surface area contributed by atoms with E-state index in [0.29, 0.717) is 0 Å². The molecular weight excluding hydrogens is 386 g/mol. The zero-order chi connectivity index (χ0) is 21.3. The van der Waals surface area contributed by atoms with Crippen LogP contribution in [-0.4, -0.2) is 46.2 Å². The molecule has 1 spiro atoms. The average Bonchev–Trinajstić information content (AvgIpc) is 3.21. The van der Waals surface area contributed by atoms with Crippen molar-refractivity contribution in [3.63, 3.8) is 0 Å². The number of likely N-dealkylation sites (tertiary alicyclic amines) is 1. The van der Waals surface area contributed by atoms with Crippen LogP contribution in [0.25, 0.3) is 0 Å². The number of hydrogen-bond donors (Lipinski definition) is 2. The Kier molecular flexibility index (Phi) is 4.63. The second-order valence-electron chi connectivity index (χ2n) is 9.41. The summed E-state index contributed by atoms with van der Waals surface area (Å²) in [6.45, 7) is 9.60. The smallest absolute Gasteiger partial charge is 0.250 e. The van der Waals surface area contributed by atoms with Crippen molar-refractivity contribution in [3.05, 3.63) is 28.8 Å². The van der Waals surface area contributed by atoms with Gasteiger partial charge in [0.2, 0.25) is 17.7 Å². The van der Waals surface area contributed by atoms with Crippen LogP contribution in [0.15, 0.2) is 12.1 Å². The molecule has 0 aromatic heterocycles. The first-order valence-corrected chi connectivity index (χ1v) is 11.5. The quantitative estimate of drug-likeness (QED) is 0.742. The Morgan fingerprint density at radius 3 is 2.45 bits per heavy atom. The third kappa shape index (κ3) is 2.63. The minimum Gasteiger partial charge on any atom is -0.324 e. The standard InChI is InChI=1S/C22H29N3O3S/c1-11-7-8-13-17(12(11)2)23-20(28)22(13)16-15(14(24-22)9-10-29-6)18(26)25(19(16)27)21(3,4)5/h7-8,14-16,24H,9-10H2,1-6H3,(H,23,28). The summed E-state index contributed by atoms with van der Waals surface area (Å²) < 4.78 is 0. The molecular formula is C22H29N3O3S. The largest absolute Gasteiger partial charge is 0.324 e. The van der Waals surface area contributed by atoms with Crippen LogP contribution in [0.5, 0.6) is 0 Å². The number of nitrogens with one attached hydrogen (secondary N) is 2. The van der Waals surface area contributed by atoms with Gasteiger partial charge in [-0.3, -0.25) is 24.6 Å². The zero-order valence-electron chi connectivity index (χ0n) is 17.9.